The predicted molar refractivity (Wildman–Crippen MR) is 239 cm³/mol. The first kappa shape index (κ1) is 53.8. The van der Waals surface area contributed by atoms with E-state index in [0.29, 0.717) is 12.8 Å². The van der Waals surface area contributed by atoms with E-state index in [1.807, 2.05) is 0 Å². The number of hydrogen-bond donors (Lipinski definition) is 3. The second kappa shape index (κ2) is 42.4. The monoisotopic (exact) mass is 796 g/mol. The molecule has 0 rings (SSSR count). The number of amides is 1. The topological polar surface area (TPSA) is 104 Å². The lowest BCUT2D eigenvalue weighted by Crippen LogP contribution is -2.47. The molecule has 0 aliphatic heterocycles. The SMILES string of the molecule is CCCCC/C=C\C/C=C\CCCCCCCCCCCC(=O)NC(CS(=O)(=O)O)C(O)CCCCCCCCCCCCCCCCCCCCCCC. The quantitative estimate of drug-likeness (QED) is 0.0324. The third-order valence-electron chi connectivity index (χ3n) is 11.2. The molecular weight excluding hydrogens is 703 g/mol. The van der Waals surface area contributed by atoms with Gasteiger partial charge in [-0.3, -0.25) is 9.35 Å². The van der Waals surface area contributed by atoms with Crippen LogP contribution in [0.15, 0.2) is 24.3 Å². The van der Waals surface area contributed by atoms with Gasteiger partial charge in [0.1, 0.15) is 0 Å². The fourth-order valence-electron chi connectivity index (χ4n) is 7.55. The Morgan fingerprint density at radius 2 is 0.818 bits per heavy atom. The van der Waals surface area contributed by atoms with Crippen LogP contribution in [0.1, 0.15) is 258 Å². The molecule has 326 valence electrons. The lowest BCUT2D eigenvalue weighted by molar-refractivity contribution is -0.122. The summed E-state index contributed by atoms with van der Waals surface area (Å²) in [5.74, 6) is -0.894. The molecule has 0 radical (unpaired) electrons. The number of aliphatic hydroxyl groups excluding tert-OH is 1. The highest BCUT2D eigenvalue weighted by molar-refractivity contribution is 7.85. The van der Waals surface area contributed by atoms with Crippen molar-refractivity contribution in [2.45, 2.75) is 270 Å². The van der Waals surface area contributed by atoms with Gasteiger partial charge < -0.3 is 10.4 Å². The predicted octanol–water partition coefficient (Wildman–Crippen LogP) is 14.7. The van der Waals surface area contributed by atoms with E-state index in [9.17, 15) is 22.9 Å². The van der Waals surface area contributed by atoms with Crippen LogP contribution in [0, 0.1) is 0 Å². The minimum Gasteiger partial charge on any atom is -0.391 e. The second-order valence-electron chi connectivity index (χ2n) is 16.7. The van der Waals surface area contributed by atoms with E-state index in [1.165, 1.54) is 186 Å². The van der Waals surface area contributed by atoms with Crippen molar-refractivity contribution in [2.75, 3.05) is 5.75 Å². The zero-order valence-corrected chi connectivity index (χ0v) is 37.4. The molecule has 0 fully saturated rings. The summed E-state index contributed by atoms with van der Waals surface area (Å²) in [6.45, 7) is 4.52. The van der Waals surface area contributed by atoms with Crippen molar-refractivity contribution in [2.24, 2.45) is 0 Å². The standard InChI is InChI=1S/C48H93NO5S/c1-3-5-7-9-11-13-15-17-19-21-23-24-26-27-29-31-33-35-37-39-41-43-47(50)46(45-55(52,53)54)49-48(51)44-42-40-38-36-34-32-30-28-25-22-20-18-16-14-12-10-8-6-4-2/h12,14,18,20,46-47,50H,3-11,13,15-17,19,21-45H2,1-2H3,(H,49,51)(H,52,53,54)/b14-12-,20-18-. The van der Waals surface area contributed by atoms with E-state index >= 15 is 0 Å². The van der Waals surface area contributed by atoms with E-state index in [2.05, 4.69) is 43.5 Å². The van der Waals surface area contributed by atoms with Crippen LogP contribution < -0.4 is 5.32 Å². The molecular formula is C48H93NO5S. The number of aliphatic hydroxyl groups is 1. The normalized spacial score (nSPS) is 13.3. The molecule has 2 unspecified atom stereocenters. The Bertz CT molecular complexity index is 965. The summed E-state index contributed by atoms with van der Waals surface area (Å²) in [6, 6.07) is -0.972. The molecule has 0 spiro atoms. The summed E-state index contributed by atoms with van der Waals surface area (Å²) in [4.78, 5) is 12.6. The largest absolute Gasteiger partial charge is 0.391 e. The maximum absolute atomic E-state index is 12.6. The molecule has 0 saturated carbocycles. The highest BCUT2D eigenvalue weighted by Gasteiger charge is 2.26. The fourth-order valence-corrected chi connectivity index (χ4v) is 8.30. The Kier molecular flexibility index (Phi) is 41.5. The van der Waals surface area contributed by atoms with E-state index in [0.717, 1.165) is 44.9 Å². The molecule has 1 amide bonds. The number of unbranched alkanes of at least 4 members (excludes halogenated alkanes) is 32. The summed E-state index contributed by atoms with van der Waals surface area (Å²) in [6.07, 6.45) is 54.2. The van der Waals surface area contributed by atoms with Crippen molar-refractivity contribution < 1.29 is 22.9 Å². The molecule has 7 heteroatoms. The smallest absolute Gasteiger partial charge is 0.266 e. The van der Waals surface area contributed by atoms with Crippen LogP contribution in [0.5, 0.6) is 0 Å². The van der Waals surface area contributed by atoms with Gasteiger partial charge >= 0.3 is 0 Å². The zero-order valence-electron chi connectivity index (χ0n) is 36.6. The maximum Gasteiger partial charge on any atom is 0.266 e. The van der Waals surface area contributed by atoms with Gasteiger partial charge in [-0.2, -0.15) is 8.42 Å². The molecule has 0 aliphatic rings. The molecule has 0 aromatic carbocycles. The molecule has 0 saturated heterocycles. The zero-order chi connectivity index (χ0) is 40.3. The van der Waals surface area contributed by atoms with E-state index < -0.39 is 28.0 Å². The Morgan fingerprint density at radius 1 is 0.491 bits per heavy atom. The van der Waals surface area contributed by atoms with Crippen LogP contribution in [0.25, 0.3) is 0 Å². The fraction of sp³-hybridized carbons (Fsp3) is 0.896. The number of hydrogen-bond acceptors (Lipinski definition) is 4. The Labute approximate surface area is 343 Å². The summed E-state index contributed by atoms with van der Waals surface area (Å²) in [5.41, 5.74) is 0. The van der Waals surface area contributed by atoms with Crippen LogP contribution in [0.3, 0.4) is 0 Å². The van der Waals surface area contributed by atoms with Gasteiger partial charge in [0.05, 0.1) is 17.9 Å². The Balaban J connectivity index is 3.77. The minimum atomic E-state index is -4.31. The van der Waals surface area contributed by atoms with Gasteiger partial charge in [-0.1, -0.05) is 231 Å². The van der Waals surface area contributed by atoms with Gasteiger partial charge in [0, 0.05) is 6.42 Å². The van der Waals surface area contributed by atoms with Gasteiger partial charge in [0.2, 0.25) is 5.91 Å². The first-order valence-electron chi connectivity index (χ1n) is 24.0. The summed E-state index contributed by atoms with van der Waals surface area (Å²) >= 11 is 0. The van der Waals surface area contributed by atoms with Crippen molar-refractivity contribution >= 4 is 16.0 Å². The molecule has 0 aromatic heterocycles. The maximum atomic E-state index is 12.6. The van der Waals surface area contributed by atoms with Gasteiger partial charge in [-0.15, -0.1) is 0 Å². The second-order valence-corrected chi connectivity index (χ2v) is 18.2. The molecule has 0 aromatic rings. The van der Waals surface area contributed by atoms with Crippen LogP contribution >= 0.6 is 0 Å². The van der Waals surface area contributed by atoms with Crippen LogP contribution in [0.4, 0.5) is 0 Å². The molecule has 0 heterocycles. The van der Waals surface area contributed by atoms with Crippen molar-refractivity contribution in [3.05, 3.63) is 24.3 Å². The van der Waals surface area contributed by atoms with E-state index in [-0.39, 0.29) is 5.91 Å². The van der Waals surface area contributed by atoms with Crippen molar-refractivity contribution in [3.63, 3.8) is 0 Å². The summed E-state index contributed by atoms with van der Waals surface area (Å²) in [5, 5.41) is 13.4. The molecule has 3 N–H and O–H groups in total. The number of carbonyl (C=O) groups is 1. The Morgan fingerprint density at radius 3 is 1.22 bits per heavy atom. The molecule has 2 atom stereocenters. The first-order valence-corrected chi connectivity index (χ1v) is 25.6. The minimum absolute atomic E-state index is 0.247. The average molecular weight is 796 g/mol. The van der Waals surface area contributed by atoms with E-state index in [1.54, 1.807) is 0 Å². The summed E-state index contributed by atoms with van der Waals surface area (Å²) < 4.78 is 32.7. The molecule has 0 aliphatic carbocycles. The molecule has 6 nitrogen and oxygen atoms in total. The third-order valence-corrected chi connectivity index (χ3v) is 11.9. The molecule has 0 bridgehead atoms. The lowest BCUT2D eigenvalue weighted by Gasteiger charge is -2.23. The third kappa shape index (κ3) is 43.8. The van der Waals surface area contributed by atoms with E-state index in [4.69, 9.17) is 0 Å². The van der Waals surface area contributed by atoms with Crippen LogP contribution in [0.2, 0.25) is 0 Å². The van der Waals surface area contributed by atoms with Crippen molar-refractivity contribution in [1.29, 1.82) is 0 Å². The van der Waals surface area contributed by atoms with Crippen molar-refractivity contribution in [3.8, 4) is 0 Å². The number of rotatable bonds is 44. The highest BCUT2D eigenvalue weighted by Crippen LogP contribution is 2.17. The number of carbonyl (C=O) groups excluding carboxylic acids is 1. The van der Waals surface area contributed by atoms with Crippen LogP contribution in [-0.4, -0.2) is 41.9 Å². The molecule has 55 heavy (non-hydrogen) atoms. The summed E-state index contributed by atoms with van der Waals surface area (Å²) in [7, 11) is -4.31. The number of allylic oxidation sites excluding steroid dienone is 4. The Hall–Kier alpha value is -1.18. The van der Waals surface area contributed by atoms with Gasteiger partial charge in [-0.25, -0.2) is 0 Å². The number of nitrogens with one attached hydrogen (secondary N) is 1. The van der Waals surface area contributed by atoms with Gasteiger partial charge in [0.25, 0.3) is 10.1 Å². The average Bonchev–Trinajstić information content (AvgIpc) is 3.15. The van der Waals surface area contributed by atoms with Crippen molar-refractivity contribution in [1.82, 2.24) is 5.32 Å². The van der Waals surface area contributed by atoms with Gasteiger partial charge in [-0.05, 0) is 44.9 Å². The van der Waals surface area contributed by atoms with Gasteiger partial charge in [0.15, 0.2) is 0 Å². The first-order chi connectivity index (χ1) is 26.8. The highest BCUT2D eigenvalue weighted by atomic mass is 32.2. The van der Waals surface area contributed by atoms with Crippen LogP contribution in [-0.2, 0) is 14.9 Å². The lowest BCUT2D eigenvalue weighted by atomic mass is 10.0.